The van der Waals surface area contributed by atoms with E-state index >= 15 is 0 Å². The largest absolute Gasteiger partial charge is 0.508 e. The van der Waals surface area contributed by atoms with Gasteiger partial charge in [0.2, 0.25) is 5.75 Å². The van der Waals surface area contributed by atoms with Gasteiger partial charge in [0, 0.05) is 96.7 Å². The summed E-state index contributed by atoms with van der Waals surface area (Å²) in [5.41, 5.74) is 48.2. The third-order valence-electron chi connectivity index (χ3n) is 14.6. The van der Waals surface area contributed by atoms with E-state index in [-0.39, 0.29) is 107 Å². The number of phenols is 6. The SMILES string of the molecule is COc1cc(C=CC=NCC(N)=[NH2+])ccc1O.COc1cc(C=NCC(N)=[NH2+])cc(OC)c1.COc1cc(OC)c(C=NCC(N)=[NH2+])c(OC)c1.COc1ccc(C=NCC(N)=[NH2+])c(OC)c1OC.COc1cccc(C=NCC(N)=[NH2+])c1OC.NC(=[NH2+])CN=Cc1cc(O)cc(O)c1.NC(=[NH2+])CN=Cc1ccc(O)cc1.NC(=[NH2+])CN=Cc1ccc(O)cc1O. The first kappa shape index (κ1) is 107. The maximum atomic E-state index is 9.40. The number of nitrogens with two attached hydrogens (primary N) is 16. The molecule has 0 saturated carbocycles. The van der Waals surface area contributed by atoms with Crippen molar-refractivity contribution in [3.05, 3.63) is 190 Å². The fraction of sp³-hybridized carbons (Fsp3) is 0.224. The zero-order chi connectivity index (χ0) is 94.5. The lowest BCUT2D eigenvalue weighted by molar-refractivity contribution is -0.117. The Morgan fingerprint density at radius 3 is 1.06 bits per heavy atom. The van der Waals surface area contributed by atoms with Gasteiger partial charge in [0.25, 0.3) is 46.7 Å². The molecule has 126 heavy (non-hydrogen) atoms. The van der Waals surface area contributed by atoms with Gasteiger partial charge in [-0.15, -0.1) is 0 Å². The molecule has 0 aliphatic carbocycles. The third-order valence-corrected chi connectivity index (χ3v) is 14.6. The lowest BCUT2D eigenvalue weighted by Crippen LogP contribution is -2.47. The van der Waals surface area contributed by atoms with E-state index in [1.165, 1.54) is 49.9 Å². The van der Waals surface area contributed by atoms with Crippen molar-refractivity contribution in [2.75, 3.05) is 131 Å². The second kappa shape index (κ2) is 61.5. The van der Waals surface area contributed by atoms with Gasteiger partial charge in [-0.3, -0.25) is 129 Å². The van der Waals surface area contributed by atoms with Crippen molar-refractivity contribution in [2.45, 2.75) is 0 Å². The topological polar surface area (TPSA) is 735 Å². The Morgan fingerprint density at radius 1 is 0.270 bits per heavy atom. The Bertz CT molecular complexity index is 5050. The molecular weight excluding hydrogens is 1630 g/mol. The number of benzene rings is 8. The van der Waals surface area contributed by atoms with Crippen LogP contribution < -0.4 is 141 Å². The maximum absolute atomic E-state index is 9.40. The van der Waals surface area contributed by atoms with E-state index < -0.39 is 0 Å². The van der Waals surface area contributed by atoms with Gasteiger partial charge < -0.3 is 82.7 Å². The molecule has 0 bridgehead atoms. The average molecular weight is 1750 g/mol. The Hall–Kier alpha value is -16.8. The molecule has 0 atom stereocenters. The predicted molar refractivity (Wildman–Crippen MR) is 492 cm³/mol. The Labute approximate surface area is 729 Å². The van der Waals surface area contributed by atoms with E-state index in [0.717, 1.165) is 27.8 Å². The summed E-state index contributed by atoms with van der Waals surface area (Å²) in [6.07, 6.45) is 16.3. The second-order valence-electron chi connectivity index (χ2n) is 24.9. The fourth-order valence-electron chi connectivity index (χ4n) is 9.13. The number of ether oxygens (including phenoxy) is 11. The minimum Gasteiger partial charge on any atom is -0.508 e. The van der Waals surface area contributed by atoms with Crippen molar-refractivity contribution in [1.82, 2.24) is 0 Å². The van der Waals surface area contributed by atoms with Gasteiger partial charge >= 0.3 is 0 Å². The average Bonchev–Trinajstić information content (AvgIpc) is 0.813. The monoisotopic (exact) mass is 1750 g/mol. The highest BCUT2D eigenvalue weighted by Gasteiger charge is 2.16. The van der Waals surface area contributed by atoms with Crippen LogP contribution in [0.5, 0.6) is 97.7 Å². The molecule has 0 aliphatic heterocycles. The summed E-state index contributed by atoms with van der Waals surface area (Å²) in [6.45, 7) is 2.16. The highest BCUT2D eigenvalue weighted by molar-refractivity contribution is 5.92. The molecule has 0 aliphatic rings. The fourth-order valence-corrected chi connectivity index (χ4v) is 9.13. The van der Waals surface area contributed by atoms with E-state index in [9.17, 15) is 10.2 Å². The van der Waals surface area contributed by atoms with Gasteiger partial charge in [0.05, 0.1) is 83.8 Å². The molecule has 0 fully saturated rings. The standard InChI is InChI=1S/2C12H17N3O3.C12H15N3O2.2C11H15N3O2.2C9H11N3O2.C9H11N3O/c1-16-8-4-10(17-2)9(11(5-8)18-3)6-15-7-12(13)14;1-16-9-5-4-8(6-15-7-10(13)14)11(17-2)12(9)18-3;1-17-11-7-9(4-5-10(11)16)3-2-6-15-8-12(13)14;1-15-9-3-8(4-10(5-9)16-2)6-14-7-11(12)13;1-15-9-5-3-4-8(11(9)16-2)6-14-7-10(12)13;10-9(11)5-12-4-6-1-7(13)3-8(14)2-6;10-9(11)5-12-4-6-1-2-7(13)3-8(6)14;10-9(11)6-12-5-7-1-3-8(13)4-2-7/h2*4-6H,7H2,1-3H3,(H3,13,14);2-7,16H,8H2,1H3,(H3,13,14);2*3-6H,7H2,1-2H3,(H3,12,13);2*1-4,13-14H,5H2,(H3,10,11);1-5,13H,6H2,(H3,10,11)/p+8. The number of allylic oxidation sites excluding steroid dienone is 1. The molecule has 674 valence electrons. The first-order chi connectivity index (χ1) is 60.1. The lowest BCUT2D eigenvalue weighted by atomic mass is 10.2. The van der Waals surface area contributed by atoms with Crippen LogP contribution in [0, 0.1) is 0 Å². The Balaban J connectivity index is 0.000000722. The molecule has 0 radical (unpaired) electrons. The highest BCUT2D eigenvalue weighted by Crippen LogP contribution is 2.39. The number of phenolic OH excluding ortho intramolecular Hbond substituents is 6. The van der Waals surface area contributed by atoms with Crippen LogP contribution in [0.25, 0.3) is 6.08 Å². The molecule has 0 aromatic heterocycles. The highest BCUT2D eigenvalue weighted by atomic mass is 16.5. The first-order valence-corrected chi connectivity index (χ1v) is 36.9. The van der Waals surface area contributed by atoms with Crippen molar-refractivity contribution in [2.24, 2.45) is 85.8 Å². The quantitative estimate of drug-likeness (QED) is 0.0128. The zero-order valence-corrected chi connectivity index (χ0v) is 72.2. The van der Waals surface area contributed by atoms with Crippen LogP contribution in [0.2, 0.25) is 0 Å². The molecule has 8 aromatic rings. The van der Waals surface area contributed by atoms with Gasteiger partial charge in [0.1, 0.15) is 110 Å². The van der Waals surface area contributed by atoms with Crippen molar-refractivity contribution in [1.29, 1.82) is 0 Å². The molecule has 0 amide bonds. The molecule has 38 N–H and O–H groups in total. The van der Waals surface area contributed by atoms with Gasteiger partial charge in [-0.25, -0.2) is 0 Å². The van der Waals surface area contributed by atoms with E-state index in [4.69, 9.17) is 162 Å². The number of nitrogens with zero attached hydrogens (tertiary/aromatic N) is 8. The third kappa shape index (κ3) is 46.0. The van der Waals surface area contributed by atoms with Crippen LogP contribution in [0.1, 0.15) is 44.5 Å². The number of rotatable bonds is 36. The summed E-state index contributed by atoms with van der Waals surface area (Å²) in [5.74, 6) is 9.02. The number of para-hydroxylation sites is 1. The summed E-state index contributed by atoms with van der Waals surface area (Å²) in [7, 11) is 17.2. The van der Waals surface area contributed by atoms with Crippen LogP contribution >= 0.6 is 0 Å². The van der Waals surface area contributed by atoms with Crippen LogP contribution in [-0.4, -0.2) is 258 Å². The molecule has 41 heteroatoms. The van der Waals surface area contributed by atoms with E-state index in [1.807, 2.05) is 42.5 Å². The van der Waals surface area contributed by atoms with Gasteiger partial charge in [-0.05, 0) is 125 Å². The summed E-state index contributed by atoms with van der Waals surface area (Å²) >= 11 is 0. The maximum Gasteiger partial charge on any atom is 0.260 e. The lowest BCUT2D eigenvalue weighted by Gasteiger charge is -2.13. The number of amidine groups is 8. The van der Waals surface area contributed by atoms with E-state index in [2.05, 4.69) is 39.9 Å². The second-order valence-corrected chi connectivity index (χ2v) is 24.9. The Kier molecular flexibility index (Phi) is 52.3. The molecule has 0 saturated heterocycles. The van der Waals surface area contributed by atoms with Crippen LogP contribution in [-0.2, 0) is 0 Å². The van der Waals surface area contributed by atoms with Gasteiger partial charge in [-0.1, -0.05) is 18.2 Å². The number of hydrogen-bond acceptors (Lipinski definition) is 25. The van der Waals surface area contributed by atoms with Crippen LogP contribution in [0.15, 0.2) is 186 Å². The summed E-state index contributed by atoms with van der Waals surface area (Å²) < 4.78 is 57.1. The van der Waals surface area contributed by atoms with Crippen LogP contribution in [0.4, 0.5) is 0 Å². The van der Waals surface area contributed by atoms with Crippen molar-refractivity contribution in [3.8, 4) is 97.7 Å². The molecule has 0 spiro atoms. The molecule has 41 nitrogen and oxygen atoms in total. The van der Waals surface area contributed by atoms with Crippen molar-refractivity contribution < 1.29 is 126 Å². The van der Waals surface area contributed by atoms with Crippen molar-refractivity contribution >= 4 is 102 Å². The number of aromatic hydroxyl groups is 6. The molecular formula is C85H120N24O17+8. The smallest absolute Gasteiger partial charge is 0.260 e. The van der Waals surface area contributed by atoms with Gasteiger partial charge in [-0.2, -0.15) is 0 Å². The molecule has 0 unspecified atom stereocenters. The number of methoxy groups -OCH3 is 11. The molecule has 0 heterocycles. The minimum absolute atomic E-state index is 0.00421. The number of hydrogen-bond donors (Lipinski definition) is 22. The molecule has 8 rings (SSSR count). The normalized spacial score (nSPS) is 10.5. The summed E-state index contributed by atoms with van der Waals surface area (Å²) in [5, 5.41) is 97.1. The number of aliphatic imine (C=N–C) groups is 8. The summed E-state index contributed by atoms with van der Waals surface area (Å²) in [4.78, 5) is 32.1. The van der Waals surface area contributed by atoms with E-state index in [1.54, 1.807) is 187 Å². The van der Waals surface area contributed by atoms with E-state index in [0.29, 0.717) is 106 Å². The van der Waals surface area contributed by atoms with Crippen LogP contribution in [0.3, 0.4) is 0 Å². The molecule has 8 aromatic carbocycles. The van der Waals surface area contributed by atoms with Gasteiger partial charge in [0.15, 0.2) is 34.5 Å². The Morgan fingerprint density at radius 2 is 0.635 bits per heavy atom. The minimum atomic E-state index is -0.0376. The zero-order valence-electron chi connectivity index (χ0n) is 72.2. The van der Waals surface area contributed by atoms with Crippen molar-refractivity contribution in [3.63, 3.8) is 0 Å². The summed E-state index contributed by atoms with van der Waals surface area (Å²) in [6, 6.07) is 38.3. The predicted octanol–water partition coefficient (Wildman–Crippen LogP) is -7.23. The first-order valence-electron chi connectivity index (χ1n) is 36.9.